The molecule has 0 N–H and O–H groups in total. The Morgan fingerprint density at radius 3 is 2.70 bits per heavy atom. The topological polar surface area (TPSA) is 35.5 Å². The molecule has 1 rings (SSSR count). The van der Waals surface area contributed by atoms with Gasteiger partial charge in [-0.1, -0.05) is 0 Å². The van der Waals surface area contributed by atoms with Crippen molar-refractivity contribution in [3.8, 4) is 0 Å². The predicted molar refractivity (Wildman–Crippen MR) is 35.5 cm³/mol. The van der Waals surface area contributed by atoms with E-state index in [1.165, 1.54) is 0 Å². The number of hydrogen-bond acceptors (Lipinski definition) is 3. The summed E-state index contributed by atoms with van der Waals surface area (Å²) in [5.74, 6) is 0.0185. The maximum absolute atomic E-state index is 10.3. The molecule has 3 nitrogen and oxygen atoms in total. The number of methoxy groups -OCH3 is 1. The zero-order valence-electron chi connectivity index (χ0n) is 6.24. The Hall–Kier alpha value is -0.410. The van der Waals surface area contributed by atoms with Crippen LogP contribution in [0.3, 0.4) is 0 Å². The van der Waals surface area contributed by atoms with Gasteiger partial charge in [0.25, 0.3) is 0 Å². The van der Waals surface area contributed by atoms with Gasteiger partial charge >= 0.3 is 0 Å². The first-order valence-electron chi connectivity index (χ1n) is 3.41. The molecule has 0 aromatic heterocycles. The zero-order valence-corrected chi connectivity index (χ0v) is 6.24. The molecule has 1 aliphatic rings. The van der Waals surface area contributed by atoms with Gasteiger partial charge in [0, 0.05) is 19.4 Å². The minimum Gasteiger partial charge on any atom is -0.356 e. The third-order valence-corrected chi connectivity index (χ3v) is 1.87. The van der Waals surface area contributed by atoms with E-state index in [2.05, 4.69) is 0 Å². The lowest BCUT2D eigenvalue weighted by atomic mass is 10.1. The Bertz CT molecular complexity index is 124. The van der Waals surface area contributed by atoms with E-state index in [9.17, 15) is 4.79 Å². The first-order chi connectivity index (χ1) is 4.77. The second-order valence-corrected chi connectivity index (χ2v) is 2.54. The van der Waals surface area contributed by atoms with Gasteiger partial charge in [-0.05, 0) is 6.92 Å². The molecular weight excluding hydrogens is 132 g/mol. The molecule has 0 unspecified atom stereocenters. The highest BCUT2D eigenvalue weighted by molar-refractivity contribution is 5.54. The van der Waals surface area contributed by atoms with Crippen LogP contribution >= 0.6 is 0 Å². The van der Waals surface area contributed by atoms with Gasteiger partial charge in [-0.3, -0.25) is 0 Å². The summed E-state index contributed by atoms with van der Waals surface area (Å²) in [7, 11) is 1.59. The summed E-state index contributed by atoms with van der Waals surface area (Å²) in [4.78, 5) is 10.3. The molecule has 0 saturated carbocycles. The van der Waals surface area contributed by atoms with Gasteiger partial charge in [0.15, 0.2) is 6.29 Å². The highest BCUT2D eigenvalue weighted by Crippen LogP contribution is 2.24. The Morgan fingerprint density at radius 2 is 2.40 bits per heavy atom. The lowest BCUT2D eigenvalue weighted by Crippen LogP contribution is -2.12. The van der Waals surface area contributed by atoms with Crippen molar-refractivity contribution in [3.63, 3.8) is 0 Å². The molecule has 1 saturated heterocycles. The number of carbonyl (C=O) groups is 1. The van der Waals surface area contributed by atoms with E-state index < -0.39 is 0 Å². The van der Waals surface area contributed by atoms with Gasteiger partial charge in [-0.25, -0.2) is 0 Å². The van der Waals surface area contributed by atoms with Crippen molar-refractivity contribution in [2.24, 2.45) is 5.92 Å². The minimum atomic E-state index is -0.176. The number of rotatable bonds is 2. The van der Waals surface area contributed by atoms with E-state index in [0.717, 1.165) is 6.29 Å². The van der Waals surface area contributed by atoms with Crippen LogP contribution in [-0.4, -0.2) is 25.8 Å². The van der Waals surface area contributed by atoms with Crippen LogP contribution < -0.4 is 0 Å². The van der Waals surface area contributed by atoms with Crippen LogP contribution in [0.4, 0.5) is 0 Å². The largest absolute Gasteiger partial charge is 0.356 e. The molecule has 1 aliphatic heterocycles. The molecule has 0 aromatic rings. The Kier molecular flexibility index (Phi) is 2.40. The van der Waals surface area contributed by atoms with Crippen molar-refractivity contribution >= 4 is 6.29 Å². The second kappa shape index (κ2) is 3.12. The number of hydrogen-bond donors (Lipinski definition) is 0. The molecule has 0 aliphatic carbocycles. The fraction of sp³-hybridized carbons (Fsp3) is 0.857. The van der Waals surface area contributed by atoms with E-state index in [0.29, 0.717) is 6.42 Å². The molecular formula is C7H12O3. The molecule has 1 heterocycles. The standard InChI is InChI=1S/C7H12O3/c1-5-6(4-8)3-7(9-2)10-5/h4-7H,3H2,1-2H3/t5-,6+,7-/m1/s1. The summed E-state index contributed by atoms with van der Waals surface area (Å²) in [6, 6.07) is 0. The van der Waals surface area contributed by atoms with Gasteiger partial charge in [0.05, 0.1) is 6.10 Å². The molecule has 58 valence electrons. The average molecular weight is 144 g/mol. The van der Waals surface area contributed by atoms with E-state index in [1.807, 2.05) is 6.92 Å². The Morgan fingerprint density at radius 1 is 1.70 bits per heavy atom. The minimum absolute atomic E-state index is 0.0162. The molecule has 3 atom stereocenters. The average Bonchev–Trinajstić information content (AvgIpc) is 2.30. The van der Waals surface area contributed by atoms with Crippen molar-refractivity contribution < 1.29 is 14.3 Å². The van der Waals surface area contributed by atoms with Crippen LogP contribution in [0, 0.1) is 5.92 Å². The van der Waals surface area contributed by atoms with Crippen LogP contribution in [0.2, 0.25) is 0 Å². The van der Waals surface area contributed by atoms with E-state index in [-0.39, 0.29) is 18.3 Å². The molecule has 0 aromatic carbocycles. The number of aldehydes is 1. The van der Waals surface area contributed by atoms with E-state index in [1.54, 1.807) is 7.11 Å². The zero-order chi connectivity index (χ0) is 7.56. The third kappa shape index (κ3) is 1.36. The molecule has 0 spiro atoms. The summed E-state index contributed by atoms with van der Waals surface area (Å²) < 4.78 is 10.2. The van der Waals surface area contributed by atoms with Gasteiger partial charge in [0.2, 0.25) is 0 Å². The highest BCUT2D eigenvalue weighted by atomic mass is 16.7. The fourth-order valence-corrected chi connectivity index (χ4v) is 1.13. The van der Waals surface area contributed by atoms with Crippen molar-refractivity contribution in [1.82, 2.24) is 0 Å². The van der Waals surface area contributed by atoms with Gasteiger partial charge < -0.3 is 14.3 Å². The van der Waals surface area contributed by atoms with Gasteiger partial charge in [-0.15, -0.1) is 0 Å². The molecule has 10 heavy (non-hydrogen) atoms. The van der Waals surface area contributed by atoms with E-state index in [4.69, 9.17) is 9.47 Å². The normalized spacial score (nSPS) is 40.0. The number of carbonyl (C=O) groups excluding carboxylic acids is 1. The van der Waals surface area contributed by atoms with Crippen LogP contribution in [0.15, 0.2) is 0 Å². The maximum atomic E-state index is 10.3. The number of ether oxygens (including phenoxy) is 2. The van der Waals surface area contributed by atoms with Crippen LogP contribution in [0.1, 0.15) is 13.3 Å². The van der Waals surface area contributed by atoms with Gasteiger partial charge in [0.1, 0.15) is 6.29 Å². The Labute approximate surface area is 60.3 Å². The quantitative estimate of drug-likeness (QED) is 0.532. The summed E-state index contributed by atoms with van der Waals surface area (Å²) in [5, 5.41) is 0. The third-order valence-electron chi connectivity index (χ3n) is 1.87. The van der Waals surface area contributed by atoms with Crippen molar-refractivity contribution in [2.45, 2.75) is 25.7 Å². The molecule has 0 bridgehead atoms. The summed E-state index contributed by atoms with van der Waals surface area (Å²) in [6.07, 6.45) is 1.47. The molecule has 1 fully saturated rings. The van der Waals surface area contributed by atoms with Crippen LogP contribution in [0.5, 0.6) is 0 Å². The van der Waals surface area contributed by atoms with E-state index >= 15 is 0 Å². The fourth-order valence-electron chi connectivity index (χ4n) is 1.13. The lowest BCUT2D eigenvalue weighted by molar-refractivity contribution is -0.116. The van der Waals surface area contributed by atoms with Gasteiger partial charge in [-0.2, -0.15) is 0 Å². The van der Waals surface area contributed by atoms with Crippen LogP contribution in [0.25, 0.3) is 0 Å². The summed E-state index contributed by atoms with van der Waals surface area (Å²) in [5.41, 5.74) is 0. The Balaban J connectivity index is 2.43. The summed E-state index contributed by atoms with van der Waals surface area (Å²) in [6.45, 7) is 1.89. The van der Waals surface area contributed by atoms with Crippen molar-refractivity contribution in [1.29, 1.82) is 0 Å². The van der Waals surface area contributed by atoms with Crippen molar-refractivity contribution in [3.05, 3.63) is 0 Å². The SMILES string of the molecule is CO[C@H]1C[C@@H](C=O)[C@@H](C)O1. The smallest absolute Gasteiger partial charge is 0.158 e. The first kappa shape index (κ1) is 7.69. The van der Waals surface area contributed by atoms with Crippen molar-refractivity contribution in [2.75, 3.05) is 7.11 Å². The molecule has 0 amide bonds. The monoisotopic (exact) mass is 144 g/mol. The predicted octanol–water partition coefficient (Wildman–Crippen LogP) is 0.583. The lowest BCUT2D eigenvalue weighted by Gasteiger charge is -2.06. The molecule has 3 heteroatoms. The molecule has 0 radical (unpaired) electrons. The summed E-state index contributed by atoms with van der Waals surface area (Å²) >= 11 is 0. The van der Waals surface area contributed by atoms with Crippen LogP contribution in [-0.2, 0) is 14.3 Å². The first-order valence-corrected chi connectivity index (χ1v) is 3.41. The maximum Gasteiger partial charge on any atom is 0.158 e. The second-order valence-electron chi connectivity index (χ2n) is 2.54. The highest BCUT2D eigenvalue weighted by Gasteiger charge is 2.31.